The first kappa shape index (κ1) is 11.8. The summed E-state index contributed by atoms with van der Waals surface area (Å²) in [5.41, 5.74) is 1.19. The Bertz CT molecular complexity index is 434. The maximum atomic E-state index is 11.9. The van der Waals surface area contributed by atoms with E-state index >= 15 is 0 Å². The largest absolute Gasteiger partial charge is 0.368 e. The summed E-state index contributed by atoms with van der Waals surface area (Å²) < 4.78 is 0. The summed E-state index contributed by atoms with van der Waals surface area (Å²) in [7, 11) is 0. The molecule has 2 fully saturated rings. The predicted molar refractivity (Wildman–Crippen MR) is 73.0 cm³/mol. The molecule has 1 aliphatic heterocycles. The van der Waals surface area contributed by atoms with Crippen LogP contribution in [0.4, 0.5) is 5.69 Å². The van der Waals surface area contributed by atoms with Gasteiger partial charge in [-0.2, -0.15) is 0 Å². The number of nitrogens with zero attached hydrogens (tertiary/aromatic N) is 2. The fraction of sp³-hybridized carbons (Fsp3) is 0.500. The molecule has 1 heterocycles. The molecule has 0 aromatic heterocycles. The van der Waals surface area contributed by atoms with Crippen LogP contribution in [0.15, 0.2) is 24.3 Å². The van der Waals surface area contributed by atoms with Crippen molar-refractivity contribution in [2.24, 2.45) is 5.92 Å². The molecule has 4 heteroatoms. The first-order valence-corrected chi connectivity index (χ1v) is 6.91. The van der Waals surface area contributed by atoms with Gasteiger partial charge in [0.2, 0.25) is 5.91 Å². The summed E-state index contributed by atoms with van der Waals surface area (Å²) in [5, 5.41) is 0.765. The van der Waals surface area contributed by atoms with Gasteiger partial charge in [0.05, 0.1) is 0 Å². The second kappa shape index (κ2) is 4.81. The fourth-order valence-electron chi connectivity index (χ4n) is 2.43. The predicted octanol–water partition coefficient (Wildman–Crippen LogP) is 2.40. The number of hydrogen-bond acceptors (Lipinski definition) is 2. The molecule has 18 heavy (non-hydrogen) atoms. The van der Waals surface area contributed by atoms with Gasteiger partial charge in [-0.1, -0.05) is 11.6 Å². The van der Waals surface area contributed by atoms with Gasteiger partial charge in [-0.15, -0.1) is 0 Å². The van der Waals surface area contributed by atoms with E-state index in [-0.39, 0.29) is 0 Å². The van der Waals surface area contributed by atoms with Crippen molar-refractivity contribution >= 4 is 23.2 Å². The molecule has 1 saturated carbocycles. The molecule has 3 rings (SSSR count). The van der Waals surface area contributed by atoms with Crippen LogP contribution in [0.3, 0.4) is 0 Å². The van der Waals surface area contributed by atoms with E-state index in [9.17, 15) is 4.79 Å². The Labute approximate surface area is 112 Å². The van der Waals surface area contributed by atoms with Crippen molar-refractivity contribution < 1.29 is 4.79 Å². The third-order valence-corrected chi connectivity index (χ3v) is 3.96. The van der Waals surface area contributed by atoms with E-state index in [1.807, 2.05) is 29.2 Å². The van der Waals surface area contributed by atoms with Crippen LogP contribution in [-0.2, 0) is 4.79 Å². The number of rotatable bonds is 2. The molecule has 0 bridgehead atoms. The van der Waals surface area contributed by atoms with Crippen molar-refractivity contribution in [3.63, 3.8) is 0 Å². The van der Waals surface area contributed by atoms with Crippen LogP contribution in [-0.4, -0.2) is 37.0 Å². The van der Waals surface area contributed by atoms with E-state index in [0.29, 0.717) is 11.8 Å². The van der Waals surface area contributed by atoms with E-state index in [1.165, 1.54) is 5.69 Å². The summed E-state index contributed by atoms with van der Waals surface area (Å²) >= 11 is 5.89. The van der Waals surface area contributed by atoms with Crippen molar-refractivity contribution in [3.8, 4) is 0 Å². The Balaban J connectivity index is 1.59. The van der Waals surface area contributed by atoms with Crippen molar-refractivity contribution in [2.75, 3.05) is 31.1 Å². The molecule has 2 aliphatic rings. The molecule has 96 valence electrons. The monoisotopic (exact) mass is 264 g/mol. The molecule has 1 aliphatic carbocycles. The Morgan fingerprint density at radius 1 is 1.06 bits per heavy atom. The van der Waals surface area contributed by atoms with E-state index in [1.54, 1.807) is 0 Å². The van der Waals surface area contributed by atoms with Crippen LogP contribution in [0, 0.1) is 5.92 Å². The molecule has 1 aromatic rings. The zero-order chi connectivity index (χ0) is 12.5. The number of amides is 1. The SMILES string of the molecule is O=C(C1CC1)N1CCN(c2ccc(Cl)cc2)CC1. The molecule has 0 N–H and O–H groups in total. The van der Waals surface area contributed by atoms with E-state index < -0.39 is 0 Å². The van der Waals surface area contributed by atoms with Crippen molar-refractivity contribution in [2.45, 2.75) is 12.8 Å². The zero-order valence-corrected chi connectivity index (χ0v) is 11.1. The number of anilines is 1. The maximum absolute atomic E-state index is 11.9. The Hall–Kier alpha value is -1.22. The van der Waals surface area contributed by atoms with Crippen LogP contribution < -0.4 is 4.90 Å². The Morgan fingerprint density at radius 3 is 2.22 bits per heavy atom. The summed E-state index contributed by atoms with van der Waals surface area (Å²) in [5.74, 6) is 0.706. The lowest BCUT2D eigenvalue weighted by Crippen LogP contribution is -2.49. The summed E-state index contributed by atoms with van der Waals surface area (Å²) in [4.78, 5) is 16.3. The second-order valence-corrected chi connectivity index (χ2v) is 5.50. The van der Waals surface area contributed by atoms with E-state index in [4.69, 9.17) is 11.6 Å². The third kappa shape index (κ3) is 2.46. The van der Waals surface area contributed by atoms with Crippen molar-refractivity contribution in [1.82, 2.24) is 4.90 Å². The molecule has 1 aromatic carbocycles. The smallest absolute Gasteiger partial charge is 0.225 e. The minimum absolute atomic E-state index is 0.340. The average Bonchev–Trinajstić information content (AvgIpc) is 3.23. The Kier molecular flexibility index (Phi) is 3.16. The number of halogens is 1. The molecule has 0 radical (unpaired) electrons. The minimum atomic E-state index is 0.340. The molecule has 0 atom stereocenters. The lowest BCUT2D eigenvalue weighted by atomic mass is 10.2. The van der Waals surface area contributed by atoms with Gasteiger partial charge >= 0.3 is 0 Å². The highest BCUT2D eigenvalue weighted by atomic mass is 35.5. The molecular weight excluding hydrogens is 248 g/mol. The van der Waals surface area contributed by atoms with Crippen LogP contribution in [0.1, 0.15) is 12.8 Å². The highest BCUT2D eigenvalue weighted by molar-refractivity contribution is 6.30. The van der Waals surface area contributed by atoms with Gasteiger partial charge in [-0.3, -0.25) is 4.79 Å². The first-order chi connectivity index (χ1) is 8.74. The second-order valence-electron chi connectivity index (χ2n) is 5.06. The normalized spacial score (nSPS) is 20.1. The molecule has 1 saturated heterocycles. The number of carbonyl (C=O) groups excluding carboxylic acids is 1. The van der Waals surface area contributed by atoms with Crippen LogP contribution >= 0.6 is 11.6 Å². The third-order valence-electron chi connectivity index (χ3n) is 3.71. The lowest BCUT2D eigenvalue weighted by Gasteiger charge is -2.36. The minimum Gasteiger partial charge on any atom is -0.368 e. The van der Waals surface area contributed by atoms with Crippen LogP contribution in [0.5, 0.6) is 0 Å². The van der Waals surface area contributed by atoms with Gasteiger partial charge in [0.1, 0.15) is 0 Å². The van der Waals surface area contributed by atoms with E-state index in [0.717, 1.165) is 44.0 Å². The first-order valence-electron chi connectivity index (χ1n) is 6.53. The zero-order valence-electron chi connectivity index (χ0n) is 10.3. The highest BCUT2D eigenvalue weighted by Gasteiger charge is 2.34. The lowest BCUT2D eigenvalue weighted by molar-refractivity contribution is -0.132. The molecule has 3 nitrogen and oxygen atoms in total. The number of hydrogen-bond donors (Lipinski definition) is 0. The van der Waals surface area contributed by atoms with Crippen LogP contribution in [0.25, 0.3) is 0 Å². The fourth-order valence-corrected chi connectivity index (χ4v) is 2.55. The average molecular weight is 265 g/mol. The quantitative estimate of drug-likeness (QED) is 0.819. The maximum Gasteiger partial charge on any atom is 0.225 e. The molecule has 1 amide bonds. The summed E-state index contributed by atoms with van der Waals surface area (Å²) in [6.07, 6.45) is 2.19. The van der Waals surface area contributed by atoms with E-state index in [2.05, 4.69) is 4.90 Å². The standard InChI is InChI=1S/C14H17ClN2O/c15-12-3-5-13(6-4-12)16-7-9-17(10-8-16)14(18)11-1-2-11/h3-6,11H,1-2,7-10H2. The van der Waals surface area contributed by atoms with Gasteiger partial charge in [0.15, 0.2) is 0 Å². The van der Waals surface area contributed by atoms with Gasteiger partial charge < -0.3 is 9.80 Å². The molecule has 0 unspecified atom stereocenters. The highest BCUT2D eigenvalue weighted by Crippen LogP contribution is 2.31. The number of benzene rings is 1. The van der Waals surface area contributed by atoms with Crippen LogP contribution in [0.2, 0.25) is 5.02 Å². The molecule has 0 spiro atoms. The van der Waals surface area contributed by atoms with Gasteiger partial charge in [0, 0.05) is 42.8 Å². The summed E-state index contributed by atoms with van der Waals surface area (Å²) in [6, 6.07) is 7.92. The molecular formula is C14H17ClN2O. The number of carbonyl (C=O) groups is 1. The van der Waals surface area contributed by atoms with Gasteiger partial charge in [-0.05, 0) is 37.1 Å². The topological polar surface area (TPSA) is 23.6 Å². The Morgan fingerprint density at radius 2 is 1.67 bits per heavy atom. The van der Waals surface area contributed by atoms with Gasteiger partial charge in [0.25, 0.3) is 0 Å². The van der Waals surface area contributed by atoms with Crippen molar-refractivity contribution in [3.05, 3.63) is 29.3 Å². The van der Waals surface area contributed by atoms with Crippen molar-refractivity contribution in [1.29, 1.82) is 0 Å². The summed E-state index contributed by atoms with van der Waals surface area (Å²) in [6.45, 7) is 3.52. The van der Waals surface area contributed by atoms with Gasteiger partial charge in [-0.25, -0.2) is 0 Å². The number of piperazine rings is 1.